The Hall–Kier alpha value is -3.23. The van der Waals surface area contributed by atoms with Crippen LogP contribution in [0, 0.1) is 0 Å². The van der Waals surface area contributed by atoms with Gasteiger partial charge in [-0.3, -0.25) is 10.1 Å². The number of carbonyl (C=O) groups excluding carboxylic acids is 2. The van der Waals surface area contributed by atoms with Crippen LogP contribution < -0.4 is 15.4 Å². The lowest BCUT2D eigenvalue weighted by Crippen LogP contribution is -2.27. The van der Waals surface area contributed by atoms with Crippen molar-refractivity contribution in [2.45, 2.75) is 39.0 Å². The molecule has 0 aliphatic rings. The van der Waals surface area contributed by atoms with E-state index in [1.807, 2.05) is 0 Å². The maximum absolute atomic E-state index is 12.7. The second-order valence-corrected chi connectivity index (χ2v) is 7.46. The van der Waals surface area contributed by atoms with Gasteiger partial charge in [-0.2, -0.15) is 13.2 Å². The molecule has 2 aromatic carbocycles. The SMILES string of the molecule is COc1ccc(NC(=O)OC(C)(C)C)c(NC(=O)Cc2ccc(C(F)(F)F)cc2)c1. The molecule has 0 atom stereocenters. The summed E-state index contributed by atoms with van der Waals surface area (Å²) < 4.78 is 48.3. The number of amides is 2. The van der Waals surface area contributed by atoms with E-state index >= 15 is 0 Å². The molecule has 2 aromatic rings. The third kappa shape index (κ3) is 6.98. The molecule has 2 rings (SSSR count). The van der Waals surface area contributed by atoms with Crippen LogP contribution >= 0.6 is 0 Å². The van der Waals surface area contributed by atoms with Gasteiger partial charge in [0.05, 0.1) is 30.5 Å². The van der Waals surface area contributed by atoms with Crippen LogP contribution in [0.25, 0.3) is 0 Å². The molecule has 6 nitrogen and oxygen atoms in total. The van der Waals surface area contributed by atoms with Crippen LogP contribution in [0.15, 0.2) is 42.5 Å². The summed E-state index contributed by atoms with van der Waals surface area (Å²) in [5.41, 5.74) is -0.543. The number of ether oxygens (including phenoxy) is 2. The number of hydrogen-bond acceptors (Lipinski definition) is 4. The van der Waals surface area contributed by atoms with Crippen molar-refractivity contribution in [1.82, 2.24) is 0 Å². The zero-order chi connectivity index (χ0) is 22.5. The van der Waals surface area contributed by atoms with Crippen LogP contribution in [0.3, 0.4) is 0 Å². The van der Waals surface area contributed by atoms with E-state index in [1.54, 1.807) is 26.8 Å². The van der Waals surface area contributed by atoms with E-state index in [-0.39, 0.29) is 17.8 Å². The molecule has 0 fully saturated rings. The van der Waals surface area contributed by atoms with Gasteiger partial charge in [0.15, 0.2) is 0 Å². The molecule has 0 radical (unpaired) electrons. The van der Waals surface area contributed by atoms with Crippen LogP contribution in [0.1, 0.15) is 31.9 Å². The topological polar surface area (TPSA) is 76.7 Å². The first kappa shape index (κ1) is 23.1. The number of carbonyl (C=O) groups is 2. The summed E-state index contributed by atoms with van der Waals surface area (Å²) >= 11 is 0. The largest absolute Gasteiger partial charge is 0.497 e. The van der Waals surface area contributed by atoms with Crippen molar-refractivity contribution in [1.29, 1.82) is 0 Å². The van der Waals surface area contributed by atoms with Gasteiger partial charge in [0.25, 0.3) is 0 Å². The molecule has 0 aliphatic heterocycles. The lowest BCUT2D eigenvalue weighted by Gasteiger charge is -2.20. The van der Waals surface area contributed by atoms with Gasteiger partial charge < -0.3 is 14.8 Å². The van der Waals surface area contributed by atoms with E-state index < -0.39 is 29.3 Å². The first-order valence-corrected chi connectivity index (χ1v) is 9.01. The normalized spacial score (nSPS) is 11.6. The molecule has 0 bridgehead atoms. The molecule has 0 aromatic heterocycles. The molecule has 9 heteroatoms. The van der Waals surface area contributed by atoms with Gasteiger partial charge in [0.2, 0.25) is 5.91 Å². The molecule has 30 heavy (non-hydrogen) atoms. The standard InChI is InChI=1S/C21H23F3N2O4/c1-20(2,3)30-19(28)26-16-10-9-15(29-4)12-17(16)25-18(27)11-13-5-7-14(8-6-13)21(22,23)24/h5-10,12H,11H2,1-4H3,(H,25,27)(H,26,28). The number of nitrogens with one attached hydrogen (secondary N) is 2. The van der Waals surface area contributed by atoms with Gasteiger partial charge in [-0.25, -0.2) is 4.79 Å². The van der Waals surface area contributed by atoms with Crippen molar-refractivity contribution in [2.24, 2.45) is 0 Å². The van der Waals surface area contributed by atoms with Gasteiger partial charge in [-0.15, -0.1) is 0 Å². The van der Waals surface area contributed by atoms with Crippen molar-refractivity contribution < 1.29 is 32.2 Å². The number of benzene rings is 2. The van der Waals surface area contributed by atoms with Crippen LogP contribution in [0.2, 0.25) is 0 Å². The van der Waals surface area contributed by atoms with Crippen molar-refractivity contribution in [2.75, 3.05) is 17.7 Å². The Labute approximate surface area is 172 Å². The Morgan fingerprint density at radius 3 is 2.10 bits per heavy atom. The Bertz CT molecular complexity index is 904. The first-order valence-electron chi connectivity index (χ1n) is 9.01. The third-order valence-electron chi connectivity index (χ3n) is 3.78. The highest BCUT2D eigenvalue weighted by atomic mass is 19.4. The first-order chi connectivity index (χ1) is 13.9. The lowest BCUT2D eigenvalue weighted by atomic mass is 10.1. The van der Waals surface area contributed by atoms with Gasteiger partial charge >= 0.3 is 12.3 Å². The van der Waals surface area contributed by atoms with Gasteiger partial charge in [-0.05, 0) is 50.6 Å². The Morgan fingerprint density at radius 2 is 1.57 bits per heavy atom. The predicted molar refractivity (Wildman–Crippen MR) is 107 cm³/mol. The average molecular weight is 424 g/mol. The molecule has 0 aliphatic carbocycles. The van der Waals surface area contributed by atoms with Crippen molar-refractivity contribution in [3.05, 3.63) is 53.6 Å². The molecule has 0 spiro atoms. The predicted octanol–water partition coefficient (Wildman–Crippen LogP) is 5.24. The number of rotatable bonds is 5. The van der Waals surface area contributed by atoms with Gasteiger partial charge in [0.1, 0.15) is 11.4 Å². The summed E-state index contributed by atoms with van der Waals surface area (Å²) in [5.74, 6) is -0.0372. The van der Waals surface area contributed by atoms with Gasteiger partial charge in [-0.1, -0.05) is 12.1 Å². The molecule has 162 valence electrons. The van der Waals surface area contributed by atoms with E-state index in [1.165, 1.54) is 31.4 Å². The highest BCUT2D eigenvalue weighted by molar-refractivity contribution is 5.99. The molecule has 2 amide bonds. The number of methoxy groups -OCH3 is 1. The van der Waals surface area contributed by atoms with Crippen LogP contribution in [0.5, 0.6) is 5.75 Å². The molecule has 2 N–H and O–H groups in total. The summed E-state index contributed by atoms with van der Waals surface area (Å²) in [7, 11) is 1.45. The minimum Gasteiger partial charge on any atom is -0.497 e. The second-order valence-electron chi connectivity index (χ2n) is 7.46. The number of alkyl halides is 3. The fourth-order valence-electron chi connectivity index (χ4n) is 2.47. The average Bonchev–Trinajstić information content (AvgIpc) is 2.61. The quantitative estimate of drug-likeness (QED) is 0.688. The fourth-order valence-corrected chi connectivity index (χ4v) is 2.47. The van der Waals surface area contributed by atoms with E-state index in [4.69, 9.17) is 9.47 Å². The third-order valence-corrected chi connectivity index (χ3v) is 3.78. The van der Waals surface area contributed by atoms with Crippen molar-refractivity contribution in [3.8, 4) is 5.75 Å². The number of hydrogen-bond donors (Lipinski definition) is 2. The summed E-state index contributed by atoms with van der Waals surface area (Å²) in [5, 5.41) is 5.19. The van der Waals surface area contributed by atoms with E-state index in [9.17, 15) is 22.8 Å². The Balaban J connectivity index is 2.13. The fraction of sp³-hybridized carbons (Fsp3) is 0.333. The number of halogens is 3. The minimum atomic E-state index is -4.44. The lowest BCUT2D eigenvalue weighted by molar-refractivity contribution is -0.137. The summed E-state index contributed by atoms with van der Waals surface area (Å²) in [4.78, 5) is 24.5. The Morgan fingerprint density at radius 1 is 0.933 bits per heavy atom. The highest BCUT2D eigenvalue weighted by Gasteiger charge is 2.30. The maximum Gasteiger partial charge on any atom is 0.416 e. The number of anilines is 2. The van der Waals surface area contributed by atoms with Gasteiger partial charge in [0, 0.05) is 6.07 Å². The molecule has 0 unspecified atom stereocenters. The summed E-state index contributed by atoms with van der Waals surface area (Å²) in [6.07, 6.45) is -5.30. The van der Waals surface area contributed by atoms with E-state index in [2.05, 4.69) is 10.6 Å². The second kappa shape index (κ2) is 9.06. The van der Waals surface area contributed by atoms with Crippen LogP contribution in [-0.4, -0.2) is 24.7 Å². The highest BCUT2D eigenvalue weighted by Crippen LogP contribution is 2.30. The monoisotopic (exact) mass is 424 g/mol. The van der Waals surface area contributed by atoms with E-state index in [0.717, 1.165) is 12.1 Å². The Kier molecular flexibility index (Phi) is 6.96. The minimum absolute atomic E-state index is 0.152. The molecule has 0 heterocycles. The zero-order valence-electron chi connectivity index (χ0n) is 17.0. The zero-order valence-corrected chi connectivity index (χ0v) is 17.0. The summed E-state index contributed by atoms with van der Waals surface area (Å²) in [6.45, 7) is 5.15. The molecule has 0 saturated carbocycles. The van der Waals surface area contributed by atoms with Crippen molar-refractivity contribution >= 4 is 23.4 Å². The molecule has 0 saturated heterocycles. The smallest absolute Gasteiger partial charge is 0.416 e. The van der Waals surface area contributed by atoms with Crippen LogP contribution in [-0.2, 0) is 22.1 Å². The summed E-state index contributed by atoms with van der Waals surface area (Å²) in [6, 6.07) is 8.97. The molecular weight excluding hydrogens is 401 g/mol. The maximum atomic E-state index is 12.7. The van der Waals surface area contributed by atoms with Crippen molar-refractivity contribution in [3.63, 3.8) is 0 Å². The van der Waals surface area contributed by atoms with Crippen LogP contribution in [0.4, 0.5) is 29.3 Å². The van der Waals surface area contributed by atoms with E-state index in [0.29, 0.717) is 11.3 Å². The molecular formula is C21H23F3N2O4.